The fraction of sp³-hybridized carbons (Fsp3) is 0.217. The summed E-state index contributed by atoms with van der Waals surface area (Å²) in [4.78, 5) is 25.6. The van der Waals surface area contributed by atoms with Crippen molar-refractivity contribution in [2.45, 2.75) is 27.3 Å². The van der Waals surface area contributed by atoms with Crippen LogP contribution in [0.4, 0.5) is 4.39 Å². The van der Waals surface area contributed by atoms with Gasteiger partial charge in [0.05, 0.1) is 22.3 Å². The molecular formula is C23H20Cl2FNO4. The zero-order valence-electron chi connectivity index (χ0n) is 17.1. The summed E-state index contributed by atoms with van der Waals surface area (Å²) in [6, 6.07) is 8.60. The van der Waals surface area contributed by atoms with Gasteiger partial charge in [-0.25, -0.2) is 9.18 Å². The Labute approximate surface area is 188 Å². The minimum atomic E-state index is -1.39. The van der Waals surface area contributed by atoms with Gasteiger partial charge in [0.25, 0.3) is 0 Å². The maximum atomic E-state index is 14.2. The summed E-state index contributed by atoms with van der Waals surface area (Å²) >= 11 is 12.1. The third kappa shape index (κ3) is 4.31. The second-order valence-corrected chi connectivity index (χ2v) is 7.61. The molecule has 3 rings (SSSR count). The van der Waals surface area contributed by atoms with Crippen LogP contribution in [0.1, 0.15) is 29.9 Å². The van der Waals surface area contributed by atoms with E-state index in [1.54, 1.807) is 30.5 Å². The number of ether oxygens (including phenoxy) is 1. The lowest BCUT2D eigenvalue weighted by atomic mass is 9.96. The van der Waals surface area contributed by atoms with E-state index < -0.39 is 22.8 Å². The molecule has 0 aliphatic carbocycles. The lowest BCUT2D eigenvalue weighted by molar-refractivity contribution is 0.0695. The number of carbonyl (C=O) groups is 1. The van der Waals surface area contributed by atoms with Gasteiger partial charge in [0.1, 0.15) is 17.1 Å². The topological polar surface area (TPSA) is 68.5 Å². The van der Waals surface area contributed by atoms with E-state index in [2.05, 4.69) is 0 Å². The smallest absolute Gasteiger partial charge is 0.341 e. The molecule has 0 amide bonds. The van der Waals surface area contributed by atoms with Gasteiger partial charge in [-0.2, -0.15) is 0 Å². The van der Waals surface area contributed by atoms with Crippen LogP contribution < -0.4 is 10.2 Å². The minimum absolute atomic E-state index is 0.100. The number of carboxylic acid groups (broad SMARTS) is 1. The SMILES string of the molecule is CCOc1cc(F)cc(-c2c(C)n(CC)c(-c3ccc(Cl)c(Cl)c3)c(C(=O)O)c2=O)c1. The lowest BCUT2D eigenvalue weighted by Crippen LogP contribution is -2.25. The van der Waals surface area contributed by atoms with Gasteiger partial charge in [-0.1, -0.05) is 29.3 Å². The maximum Gasteiger partial charge on any atom is 0.341 e. The second-order valence-electron chi connectivity index (χ2n) is 6.80. The van der Waals surface area contributed by atoms with Gasteiger partial charge in [0.2, 0.25) is 5.43 Å². The van der Waals surface area contributed by atoms with Crippen LogP contribution in [0.3, 0.4) is 0 Å². The van der Waals surface area contributed by atoms with Gasteiger partial charge >= 0.3 is 5.97 Å². The van der Waals surface area contributed by atoms with Gasteiger partial charge in [0.15, 0.2) is 0 Å². The van der Waals surface area contributed by atoms with Crippen LogP contribution in [-0.4, -0.2) is 22.2 Å². The summed E-state index contributed by atoms with van der Waals surface area (Å²) in [5.41, 5.74) is 0.342. The predicted octanol–water partition coefficient (Wildman–Crippen LogP) is 6.05. The molecule has 31 heavy (non-hydrogen) atoms. The third-order valence-electron chi connectivity index (χ3n) is 4.92. The highest BCUT2D eigenvalue weighted by molar-refractivity contribution is 6.42. The lowest BCUT2D eigenvalue weighted by Gasteiger charge is -2.21. The summed E-state index contributed by atoms with van der Waals surface area (Å²) in [5, 5.41) is 10.5. The third-order valence-corrected chi connectivity index (χ3v) is 5.66. The number of hydrogen-bond acceptors (Lipinski definition) is 3. The Balaban J connectivity index is 2.42. The number of benzene rings is 2. The number of halogens is 3. The number of aromatic nitrogens is 1. The molecular weight excluding hydrogens is 444 g/mol. The number of nitrogens with zero attached hydrogens (tertiary/aromatic N) is 1. The molecule has 0 spiro atoms. The van der Waals surface area contributed by atoms with Crippen LogP contribution >= 0.6 is 23.2 Å². The minimum Gasteiger partial charge on any atom is -0.494 e. The van der Waals surface area contributed by atoms with Crippen LogP contribution in [0.2, 0.25) is 10.0 Å². The number of aromatic carboxylic acids is 1. The molecule has 5 nitrogen and oxygen atoms in total. The highest BCUT2D eigenvalue weighted by atomic mass is 35.5. The van der Waals surface area contributed by atoms with Crippen LogP contribution in [0.5, 0.6) is 5.75 Å². The quantitative estimate of drug-likeness (QED) is 0.482. The normalized spacial score (nSPS) is 10.9. The highest BCUT2D eigenvalue weighted by Gasteiger charge is 2.26. The Morgan fingerprint density at radius 1 is 1.10 bits per heavy atom. The van der Waals surface area contributed by atoms with E-state index in [4.69, 9.17) is 27.9 Å². The second kappa shape index (κ2) is 9.12. The predicted molar refractivity (Wildman–Crippen MR) is 120 cm³/mol. The average molecular weight is 464 g/mol. The monoisotopic (exact) mass is 463 g/mol. The Hall–Kier alpha value is -2.83. The molecule has 0 atom stereocenters. The van der Waals surface area contributed by atoms with Crippen molar-refractivity contribution in [2.75, 3.05) is 6.61 Å². The molecule has 1 heterocycles. The fourth-order valence-corrected chi connectivity index (χ4v) is 3.97. The van der Waals surface area contributed by atoms with Crippen LogP contribution in [0.25, 0.3) is 22.4 Å². The summed E-state index contributed by atoms with van der Waals surface area (Å²) in [6.45, 7) is 5.96. The van der Waals surface area contributed by atoms with Crippen molar-refractivity contribution in [3.05, 3.63) is 73.7 Å². The van der Waals surface area contributed by atoms with E-state index in [1.165, 1.54) is 24.3 Å². The molecule has 0 radical (unpaired) electrons. The standard InChI is InChI=1S/C23H20Cl2FNO4/c1-4-27-12(3)19(14-8-15(26)11-16(9-14)31-5-2)22(28)20(23(29)30)21(27)13-6-7-17(24)18(25)10-13/h6-11H,4-5H2,1-3H3,(H,29,30). The van der Waals surface area contributed by atoms with E-state index in [0.717, 1.165) is 0 Å². The molecule has 0 aliphatic rings. The summed E-state index contributed by atoms with van der Waals surface area (Å²) in [7, 11) is 0. The Morgan fingerprint density at radius 3 is 2.39 bits per heavy atom. The summed E-state index contributed by atoms with van der Waals surface area (Å²) < 4.78 is 21.3. The summed E-state index contributed by atoms with van der Waals surface area (Å²) in [6.07, 6.45) is 0. The first-order valence-electron chi connectivity index (χ1n) is 9.59. The fourth-order valence-electron chi connectivity index (χ4n) is 3.67. The molecule has 1 N–H and O–H groups in total. The molecule has 3 aromatic rings. The maximum absolute atomic E-state index is 14.2. The van der Waals surface area contributed by atoms with E-state index in [1.807, 2.05) is 6.92 Å². The van der Waals surface area contributed by atoms with E-state index >= 15 is 0 Å². The zero-order valence-corrected chi connectivity index (χ0v) is 18.6. The molecule has 2 aromatic carbocycles. The molecule has 8 heteroatoms. The van der Waals surface area contributed by atoms with Crippen LogP contribution in [0.15, 0.2) is 41.2 Å². The zero-order chi connectivity index (χ0) is 22.9. The molecule has 0 fully saturated rings. The number of rotatable bonds is 6. The van der Waals surface area contributed by atoms with Crippen molar-refractivity contribution in [1.82, 2.24) is 4.57 Å². The van der Waals surface area contributed by atoms with Gasteiger partial charge in [-0.3, -0.25) is 4.79 Å². The van der Waals surface area contributed by atoms with Crippen molar-refractivity contribution < 1.29 is 19.0 Å². The van der Waals surface area contributed by atoms with Crippen molar-refractivity contribution in [3.8, 4) is 28.1 Å². The van der Waals surface area contributed by atoms with Crippen molar-refractivity contribution in [1.29, 1.82) is 0 Å². The molecule has 0 saturated heterocycles. The Bertz CT molecular complexity index is 1240. The highest BCUT2D eigenvalue weighted by Crippen LogP contribution is 2.34. The first-order valence-corrected chi connectivity index (χ1v) is 10.3. The first kappa shape index (κ1) is 22.8. The van der Waals surface area contributed by atoms with E-state index in [0.29, 0.717) is 29.4 Å². The Kier molecular flexibility index (Phi) is 6.72. The number of pyridine rings is 1. The molecule has 0 aliphatic heterocycles. The molecule has 0 saturated carbocycles. The van der Waals surface area contributed by atoms with E-state index in [-0.39, 0.29) is 27.6 Å². The van der Waals surface area contributed by atoms with Gasteiger partial charge in [0, 0.05) is 29.4 Å². The molecule has 1 aromatic heterocycles. The van der Waals surface area contributed by atoms with E-state index in [9.17, 15) is 19.1 Å². The molecule has 0 unspecified atom stereocenters. The number of carboxylic acids is 1. The Morgan fingerprint density at radius 2 is 1.81 bits per heavy atom. The van der Waals surface area contributed by atoms with Crippen molar-refractivity contribution >= 4 is 29.2 Å². The molecule has 162 valence electrons. The molecule has 0 bridgehead atoms. The first-order chi connectivity index (χ1) is 14.7. The van der Waals surface area contributed by atoms with Gasteiger partial charge in [-0.15, -0.1) is 0 Å². The van der Waals surface area contributed by atoms with Crippen LogP contribution in [0, 0.1) is 12.7 Å². The average Bonchev–Trinajstić information content (AvgIpc) is 2.69. The van der Waals surface area contributed by atoms with Gasteiger partial charge < -0.3 is 14.4 Å². The van der Waals surface area contributed by atoms with Crippen LogP contribution in [-0.2, 0) is 6.54 Å². The summed E-state index contributed by atoms with van der Waals surface area (Å²) in [5.74, 6) is -1.73. The van der Waals surface area contributed by atoms with Gasteiger partial charge in [-0.05, 0) is 50.6 Å². The largest absolute Gasteiger partial charge is 0.494 e. The van der Waals surface area contributed by atoms with Crippen molar-refractivity contribution in [3.63, 3.8) is 0 Å². The van der Waals surface area contributed by atoms with Crippen molar-refractivity contribution in [2.24, 2.45) is 0 Å². The number of hydrogen-bond donors (Lipinski definition) is 1.